The number of nitrogens with one attached hydrogen (secondary N) is 1. The summed E-state index contributed by atoms with van der Waals surface area (Å²) in [5.74, 6) is -1.63. The SMILES string of the molecule is COC(=O)[C@H](N)C(C)(C)CC(=O)OC(C)(C)C.COC(=O)[C@H](N[C@H](C)c1ccccc1)C(C)(C)CC(=O)OC(C)(C)C. The van der Waals surface area contributed by atoms with Crippen LogP contribution in [0.2, 0.25) is 0 Å². The molecule has 0 spiro atoms. The maximum atomic E-state index is 12.4. The lowest BCUT2D eigenvalue weighted by atomic mass is 9.80. The zero-order valence-electron chi connectivity index (χ0n) is 27.9. The third-order valence-electron chi connectivity index (χ3n) is 6.27. The molecule has 240 valence electrons. The third-order valence-corrected chi connectivity index (χ3v) is 6.27. The van der Waals surface area contributed by atoms with Crippen LogP contribution < -0.4 is 11.1 Å². The lowest BCUT2D eigenvalue weighted by Crippen LogP contribution is -2.50. The number of hydrogen-bond acceptors (Lipinski definition) is 10. The summed E-state index contributed by atoms with van der Waals surface area (Å²) in [5.41, 5.74) is 4.33. The van der Waals surface area contributed by atoms with Crippen molar-refractivity contribution in [2.45, 2.75) is 118 Å². The van der Waals surface area contributed by atoms with Gasteiger partial charge < -0.3 is 24.7 Å². The fourth-order valence-corrected chi connectivity index (χ4v) is 3.98. The van der Waals surface area contributed by atoms with Crippen molar-refractivity contribution in [3.8, 4) is 0 Å². The van der Waals surface area contributed by atoms with Crippen molar-refractivity contribution >= 4 is 23.9 Å². The zero-order valence-corrected chi connectivity index (χ0v) is 27.9. The Balaban J connectivity index is 0.000000865. The van der Waals surface area contributed by atoms with E-state index in [4.69, 9.17) is 19.9 Å². The maximum absolute atomic E-state index is 12.4. The first kappa shape index (κ1) is 39.0. The summed E-state index contributed by atoms with van der Waals surface area (Å²) < 4.78 is 20.1. The van der Waals surface area contributed by atoms with Crippen molar-refractivity contribution in [1.29, 1.82) is 0 Å². The average Bonchev–Trinajstić information content (AvgIpc) is 2.83. The second-order valence-corrected chi connectivity index (χ2v) is 13.8. The summed E-state index contributed by atoms with van der Waals surface area (Å²) in [5, 5.41) is 3.31. The van der Waals surface area contributed by atoms with Gasteiger partial charge >= 0.3 is 23.9 Å². The zero-order chi connectivity index (χ0) is 33.1. The number of nitrogens with two attached hydrogens (primary N) is 1. The van der Waals surface area contributed by atoms with Gasteiger partial charge in [0, 0.05) is 16.9 Å². The predicted octanol–water partition coefficient (Wildman–Crippen LogP) is 4.88. The summed E-state index contributed by atoms with van der Waals surface area (Å²) in [6.07, 6.45) is 0.180. The summed E-state index contributed by atoms with van der Waals surface area (Å²) in [6, 6.07) is 8.28. The number of methoxy groups -OCH3 is 2. The first-order valence-electron chi connectivity index (χ1n) is 14.1. The monoisotopic (exact) mass is 594 g/mol. The van der Waals surface area contributed by atoms with Gasteiger partial charge in [-0.2, -0.15) is 0 Å². The van der Waals surface area contributed by atoms with Crippen molar-refractivity contribution in [2.75, 3.05) is 14.2 Å². The number of benzene rings is 1. The van der Waals surface area contributed by atoms with Crippen LogP contribution in [0.15, 0.2) is 30.3 Å². The minimum absolute atomic E-state index is 0.0665. The summed E-state index contributed by atoms with van der Waals surface area (Å²) in [6.45, 7) is 20.0. The maximum Gasteiger partial charge on any atom is 0.323 e. The second kappa shape index (κ2) is 16.0. The lowest BCUT2D eigenvalue weighted by molar-refractivity contribution is -0.160. The molecular weight excluding hydrogens is 540 g/mol. The van der Waals surface area contributed by atoms with Crippen LogP contribution in [0.25, 0.3) is 0 Å². The Labute approximate surface area is 252 Å². The van der Waals surface area contributed by atoms with Gasteiger partial charge in [-0.25, -0.2) is 0 Å². The molecule has 1 rings (SSSR count). The molecule has 0 saturated heterocycles. The van der Waals surface area contributed by atoms with Gasteiger partial charge in [0.1, 0.15) is 23.3 Å². The van der Waals surface area contributed by atoms with Crippen LogP contribution in [-0.2, 0) is 38.1 Å². The molecule has 10 nitrogen and oxygen atoms in total. The number of esters is 4. The Kier molecular flexibility index (Phi) is 14.9. The molecule has 42 heavy (non-hydrogen) atoms. The van der Waals surface area contributed by atoms with Gasteiger partial charge in [0.05, 0.1) is 27.1 Å². The van der Waals surface area contributed by atoms with Crippen LogP contribution in [-0.4, -0.2) is 61.4 Å². The third kappa shape index (κ3) is 14.8. The molecule has 0 bridgehead atoms. The molecule has 0 saturated carbocycles. The first-order chi connectivity index (χ1) is 19.0. The van der Waals surface area contributed by atoms with Crippen LogP contribution >= 0.6 is 0 Å². The van der Waals surface area contributed by atoms with Gasteiger partial charge in [-0.15, -0.1) is 0 Å². The first-order valence-corrected chi connectivity index (χ1v) is 14.1. The van der Waals surface area contributed by atoms with Crippen LogP contribution in [0.4, 0.5) is 0 Å². The lowest BCUT2D eigenvalue weighted by Gasteiger charge is -2.35. The minimum Gasteiger partial charge on any atom is -0.468 e. The summed E-state index contributed by atoms with van der Waals surface area (Å²) in [4.78, 5) is 47.6. The molecule has 1 aromatic carbocycles. The van der Waals surface area contributed by atoms with E-state index in [0.29, 0.717) is 0 Å². The number of hydrogen-bond donors (Lipinski definition) is 2. The highest BCUT2D eigenvalue weighted by molar-refractivity contribution is 5.79. The van der Waals surface area contributed by atoms with Gasteiger partial charge in [0.25, 0.3) is 0 Å². The molecule has 0 unspecified atom stereocenters. The van der Waals surface area contributed by atoms with Crippen molar-refractivity contribution in [1.82, 2.24) is 5.32 Å². The Bertz CT molecular complexity index is 1020. The summed E-state index contributed by atoms with van der Waals surface area (Å²) in [7, 11) is 2.62. The standard InChI is InChI=1S/C20H31NO4.C12H23NO4/c1-14(15-11-9-8-10-12-15)21-17(18(23)24-7)20(5,6)13-16(22)25-19(2,3)4;1-11(2,3)17-8(14)7-12(4,5)9(13)10(15)16-6/h8-12,14,17,21H,13H2,1-7H3;9H,7,13H2,1-6H3/t14-,17+;9-/m10/s1. The van der Waals surface area contributed by atoms with E-state index in [1.54, 1.807) is 34.6 Å². The molecule has 0 aliphatic carbocycles. The van der Waals surface area contributed by atoms with E-state index in [0.717, 1.165) is 5.56 Å². The molecular formula is C32H54N2O8. The van der Waals surface area contributed by atoms with E-state index in [9.17, 15) is 19.2 Å². The van der Waals surface area contributed by atoms with E-state index in [-0.39, 0.29) is 30.8 Å². The number of rotatable bonds is 11. The molecule has 0 heterocycles. The average molecular weight is 595 g/mol. The van der Waals surface area contributed by atoms with Crippen molar-refractivity contribution in [2.24, 2.45) is 16.6 Å². The molecule has 0 aliphatic rings. The van der Waals surface area contributed by atoms with Crippen LogP contribution in [0.5, 0.6) is 0 Å². The smallest absolute Gasteiger partial charge is 0.323 e. The van der Waals surface area contributed by atoms with E-state index in [1.165, 1.54) is 14.2 Å². The van der Waals surface area contributed by atoms with Crippen molar-refractivity contribution < 1.29 is 38.1 Å². The van der Waals surface area contributed by atoms with Gasteiger partial charge in [-0.05, 0) is 54.0 Å². The molecule has 0 fully saturated rings. The molecule has 0 aliphatic heterocycles. The highest BCUT2D eigenvalue weighted by Crippen LogP contribution is 2.30. The number of carbonyl (C=O) groups is 4. The topological polar surface area (TPSA) is 143 Å². The molecule has 0 radical (unpaired) electrons. The largest absolute Gasteiger partial charge is 0.468 e. The molecule has 3 atom stereocenters. The van der Waals surface area contributed by atoms with E-state index in [2.05, 4.69) is 10.1 Å². The Morgan fingerprint density at radius 3 is 1.50 bits per heavy atom. The van der Waals surface area contributed by atoms with Crippen molar-refractivity contribution in [3.63, 3.8) is 0 Å². The van der Waals surface area contributed by atoms with Crippen LogP contribution in [0.1, 0.15) is 101 Å². The van der Waals surface area contributed by atoms with Gasteiger partial charge in [0.15, 0.2) is 0 Å². The molecule has 10 heteroatoms. The molecule has 0 amide bonds. The van der Waals surface area contributed by atoms with Crippen LogP contribution in [0.3, 0.4) is 0 Å². The van der Waals surface area contributed by atoms with Gasteiger partial charge in [-0.1, -0.05) is 58.0 Å². The second-order valence-electron chi connectivity index (χ2n) is 13.8. The quantitative estimate of drug-likeness (QED) is 0.269. The van der Waals surface area contributed by atoms with Gasteiger partial charge in [0.2, 0.25) is 0 Å². The number of ether oxygens (including phenoxy) is 4. The summed E-state index contributed by atoms with van der Waals surface area (Å²) >= 11 is 0. The molecule has 1 aromatic rings. The normalized spacial score (nSPS) is 14.3. The van der Waals surface area contributed by atoms with E-state index in [1.807, 2.05) is 71.9 Å². The Morgan fingerprint density at radius 2 is 1.12 bits per heavy atom. The highest BCUT2D eigenvalue weighted by atomic mass is 16.6. The fourth-order valence-electron chi connectivity index (χ4n) is 3.98. The van der Waals surface area contributed by atoms with Crippen LogP contribution in [0, 0.1) is 10.8 Å². The molecule has 0 aromatic heterocycles. The minimum atomic E-state index is -0.847. The number of carbonyl (C=O) groups excluding carboxylic acids is 4. The highest BCUT2D eigenvalue weighted by Gasteiger charge is 2.40. The fraction of sp³-hybridized carbons (Fsp3) is 0.688. The van der Waals surface area contributed by atoms with Crippen molar-refractivity contribution in [3.05, 3.63) is 35.9 Å². The van der Waals surface area contributed by atoms with E-state index >= 15 is 0 Å². The van der Waals surface area contributed by atoms with Gasteiger partial charge in [-0.3, -0.25) is 24.5 Å². The Hall–Kier alpha value is -2.98. The molecule has 3 N–H and O–H groups in total. The van der Waals surface area contributed by atoms with E-state index < -0.39 is 46.1 Å². The predicted molar refractivity (Wildman–Crippen MR) is 162 cm³/mol. The Morgan fingerprint density at radius 1 is 0.714 bits per heavy atom.